The summed E-state index contributed by atoms with van der Waals surface area (Å²) in [6, 6.07) is 0. The number of H-pyrrole nitrogens is 1. The van der Waals surface area contributed by atoms with Crippen molar-refractivity contribution in [2.24, 2.45) is 5.92 Å². The number of aromatic amines is 1. The van der Waals surface area contributed by atoms with Crippen molar-refractivity contribution in [3.8, 4) is 0 Å². The third-order valence-electron chi connectivity index (χ3n) is 5.29. The maximum absolute atomic E-state index is 12.8. The Morgan fingerprint density at radius 2 is 2.13 bits per heavy atom. The number of fused-ring (bicyclic) bond motifs is 1. The number of aliphatic hydroxyl groups excluding tert-OH is 1. The number of hydrogen-bond donors (Lipinski definition) is 2. The molecule has 3 rings (SSSR count). The van der Waals surface area contributed by atoms with Crippen LogP contribution in [0.25, 0.3) is 11.1 Å². The molecule has 2 aromatic heterocycles. The number of rotatable bonds is 4. The van der Waals surface area contributed by atoms with E-state index in [9.17, 15) is 14.7 Å². The molecule has 8 nitrogen and oxygen atoms in total. The maximum Gasteiger partial charge on any atom is 0.410 e. The number of ether oxygens (including phenoxy) is 1. The first-order valence-electron chi connectivity index (χ1n) is 10.1. The highest BCUT2D eigenvalue weighted by atomic mass is 79.9. The van der Waals surface area contributed by atoms with Crippen molar-refractivity contribution in [2.45, 2.75) is 52.6 Å². The Morgan fingerprint density at radius 3 is 2.73 bits per heavy atom. The van der Waals surface area contributed by atoms with Crippen LogP contribution in [0, 0.1) is 5.92 Å². The monoisotopic (exact) mass is 480 g/mol. The molecule has 0 saturated carbocycles. The largest absolute Gasteiger partial charge is 0.444 e. The van der Waals surface area contributed by atoms with Crippen LogP contribution in [0.15, 0.2) is 21.7 Å². The number of amides is 1. The molecule has 3 heterocycles. The van der Waals surface area contributed by atoms with Crippen LogP contribution in [0.3, 0.4) is 0 Å². The summed E-state index contributed by atoms with van der Waals surface area (Å²) in [6.07, 6.45) is 3.87. The molecule has 2 aromatic rings. The topological polar surface area (TPSA) is 99.9 Å². The van der Waals surface area contributed by atoms with Gasteiger partial charge in [0.1, 0.15) is 21.5 Å². The third kappa shape index (κ3) is 4.46. The van der Waals surface area contributed by atoms with E-state index in [-0.39, 0.29) is 30.1 Å². The molecular formula is C21H29BrN4O4. The standard InChI is InChI=1S/C21H29BrN4O4/c1-6-13(7-8-27)18-24-17(22)16-19(28)23-15(11-26(16)18)14-10-25(9-12(14)2)20(29)30-21(3,4)5/h6,11-12,14,27H,7-10H2,1-5H3,(H,23,28)/b13-6+/t12-,14-/m1/s1. The van der Waals surface area contributed by atoms with Crippen molar-refractivity contribution < 1.29 is 14.6 Å². The van der Waals surface area contributed by atoms with Gasteiger partial charge in [-0.2, -0.15) is 0 Å². The fourth-order valence-electron chi connectivity index (χ4n) is 3.86. The van der Waals surface area contributed by atoms with Gasteiger partial charge in [0.05, 0.1) is 0 Å². The highest BCUT2D eigenvalue weighted by Crippen LogP contribution is 2.33. The molecule has 0 aromatic carbocycles. The number of carbonyl (C=O) groups excluding carboxylic acids is 1. The Hall–Kier alpha value is -2.13. The van der Waals surface area contributed by atoms with Crippen LogP contribution in [-0.2, 0) is 4.74 Å². The van der Waals surface area contributed by atoms with Gasteiger partial charge < -0.3 is 19.7 Å². The van der Waals surface area contributed by atoms with Gasteiger partial charge in [0, 0.05) is 37.5 Å². The number of nitrogens with one attached hydrogen (secondary N) is 1. The molecule has 1 aliphatic rings. The van der Waals surface area contributed by atoms with Gasteiger partial charge in [0.2, 0.25) is 0 Å². The molecule has 0 unspecified atom stereocenters. The van der Waals surface area contributed by atoms with Crippen molar-refractivity contribution >= 4 is 33.1 Å². The Labute approximate surface area is 184 Å². The molecule has 1 fully saturated rings. The number of likely N-dealkylation sites (tertiary alicyclic amines) is 1. The molecule has 30 heavy (non-hydrogen) atoms. The van der Waals surface area contributed by atoms with E-state index in [0.717, 1.165) is 11.3 Å². The molecule has 0 spiro atoms. The van der Waals surface area contributed by atoms with Gasteiger partial charge in [-0.3, -0.25) is 9.20 Å². The van der Waals surface area contributed by atoms with Gasteiger partial charge in [0.15, 0.2) is 0 Å². The molecule has 0 bridgehead atoms. The summed E-state index contributed by atoms with van der Waals surface area (Å²) in [4.78, 5) is 34.5. The van der Waals surface area contributed by atoms with Crippen molar-refractivity contribution in [2.75, 3.05) is 19.7 Å². The summed E-state index contributed by atoms with van der Waals surface area (Å²) in [7, 11) is 0. The van der Waals surface area contributed by atoms with Gasteiger partial charge >= 0.3 is 6.09 Å². The zero-order chi connectivity index (χ0) is 22.2. The second kappa shape index (κ2) is 8.55. The fraction of sp³-hybridized carbons (Fsp3) is 0.571. The van der Waals surface area contributed by atoms with E-state index in [1.54, 1.807) is 9.30 Å². The Kier molecular flexibility index (Phi) is 6.43. The van der Waals surface area contributed by atoms with Gasteiger partial charge in [0.25, 0.3) is 5.56 Å². The molecule has 9 heteroatoms. The van der Waals surface area contributed by atoms with Gasteiger partial charge in [-0.25, -0.2) is 9.78 Å². The van der Waals surface area contributed by atoms with Crippen molar-refractivity contribution in [1.82, 2.24) is 19.3 Å². The minimum Gasteiger partial charge on any atom is -0.444 e. The summed E-state index contributed by atoms with van der Waals surface area (Å²) in [5.41, 5.74) is 1.21. The Morgan fingerprint density at radius 1 is 1.43 bits per heavy atom. The van der Waals surface area contributed by atoms with Crippen LogP contribution in [0.2, 0.25) is 0 Å². The van der Waals surface area contributed by atoms with Crippen LogP contribution in [0.4, 0.5) is 4.79 Å². The number of nitrogens with zero attached hydrogens (tertiary/aromatic N) is 3. The zero-order valence-corrected chi connectivity index (χ0v) is 19.6. The molecule has 0 aliphatic carbocycles. The number of aliphatic hydroxyl groups is 1. The zero-order valence-electron chi connectivity index (χ0n) is 18.0. The van der Waals surface area contributed by atoms with Crippen molar-refractivity contribution in [1.29, 1.82) is 0 Å². The van der Waals surface area contributed by atoms with E-state index in [1.807, 2.05) is 40.0 Å². The molecule has 2 N–H and O–H groups in total. The van der Waals surface area contributed by atoms with E-state index < -0.39 is 5.60 Å². The lowest BCUT2D eigenvalue weighted by atomic mass is 9.95. The molecule has 2 atom stereocenters. The molecular weight excluding hydrogens is 452 g/mol. The predicted molar refractivity (Wildman–Crippen MR) is 119 cm³/mol. The third-order valence-corrected chi connectivity index (χ3v) is 5.84. The number of allylic oxidation sites excluding steroid dienone is 1. The lowest BCUT2D eigenvalue weighted by molar-refractivity contribution is 0.0287. The van der Waals surface area contributed by atoms with Crippen LogP contribution in [0.5, 0.6) is 0 Å². The van der Waals surface area contributed by atoms with E-state index >= 15 is 0 Å². The number of hydrogen-bond acceptors (Lipinski definition) is 5. The number of imidazole rings is 1. The first-order valence-corrected chi connectivity index (χ1v) is 10.9. The average molecular weight is 481 g/mol. The van der Waals surface area contributed by atoms with Gasteiger partial charge in [-0.15, -0.1) is 0 Å². The summed E-state index contributed by atoms with van der Waals surface area (Å²) in [5.74, 6) is 0.741. The smallest absolute Gasteiger partial charge is 0.410 e. The minimum atomic E-state index is -0.556. The van der Waals surface area contributed by atoms with Crippen LogP contribution in [-0.4, -0.2) is 55.8 Å². The molecule has 1 saturated heterocycles. The molecule has 1 amide bonds. The quantitative estimate of drug-likeness (QED) is 0.696. The normalized spacial score (nSPS) is 20.2. The van der Waals surface area contributed by atoms with E-state index in [1.165, 1.54) is 0 Å². The lowest BCUT2D eigenvalue weighted by Crippen LogP contribution is -2.35. The predicted octanol–water partition coefficient (Wildman–Crippen LogP) is 3.54. The van der Waals surface area contributed by atoms with E-state index in [0.29, 0.717) is 35.5 Å². The summed E-state index contributed by atoms with van der Waals surface area (Å²) in [5, 5.41) is 9.38. The average Bonchev–Trinajstić information content (AvgIpc) is 3.19. The van der Waals surface area contributed by atoms with Crippen molar-refractivity contribution in [3.05, 3.63) is 38.7 Å². The lowest BCUT2D eigenvalue weighted by Gasteiger charge is -2.24. The van der Waals surface area contributed by atoms with Crippen molar-refractivity contribution in [3.63, 3.8) is 0 Å². The summed E-state index contributed by atoms with van der Waals surface area (Å²) >= 11 is 3.38. The first-order chi connectivity index (χ1) is 14.1. The molecule has 0 radical (unpaired) electrons. The second-order valence-electron chi connectivity index (χ2n) is 8.74. The highest BCUT2D eigenvalue weighted by Gasteiger charge is 2.36. The SMILES string of the molecule is C/C=C(\CCO)c1nc(Br)c2c(=O)[nH]c([C@@H]3CN(C(=O)OC(C)(C)C)C[C@H]3C)cn12. The number of halogens is 1. The summed E-state index contributed by atoms with van der Waals surface area (Å²) < 4.78 is 7.73. The highest BCUT2D eigenvalue weighted by molar-refractivity contribution is 9.10. The Balaban J connectivity index is 1.99. The summed E-state index contributed by atoms with van der Waals surface area (Å²) in [6.45, 7) is 10.5. The molecule has 1 aliphatic heterocycles. The van der Waals surface area contributed by atoms with E-state index in [2.05, 4.69) is 32.8 Å². The Bertz CT molecular complexity index is 1030. The van der Waals surface area contributed by atoms with E-state index in [4.69, 9.17) is 4.74 Å². The molecule has 164 valence electrons. The minimum absolute atomic E-state index is 0.00718. The van der Waals surface area contributed by atoms with Crippen LogP contribution >= 0.6 is 15.9 Å². The second-order valence-corrected chi connectivity index (χ2v) is 9.49. The van der Waals surface area contributed by atoms with Gasteiger partial charge in [-0.1, -0.05) is 13.0 Å². The van der Waals surface area contributed by atoms with Crippen LogP contribution < -0.4 is 5.56 Å². The number of carbonyl (C=O) groups is 1. The van der Waals surface area contributed by atoms with Gasteiger partial charge in [-0.05, 0) is 61.5 Å². The fourth-order valence-corrected chi connectivity index (χ4v) is 4.40. The van der Waals surface area contributed by atoms with Crippen LogP contribution in [0.1, 0.15) is 58.5 Å². The first kappa shape index (κ1) is 22.6. The number of aromatic nitrogens is 3. The maximum atomic E-state index is 12.8.